The van der Waals surface area contributed by atoms with Crippen molar-refractivity contribution in [2.45, 2.75) is 45.1 Å². The van der Waals surface area contributed by atoms with E-state index in [0.29, 0.717) is 6.04 Å². The highest BCUT2D eigenvalue weighted by molar-refractivity contribution is 5.82. The monoisotopic (exact) mass is 230 g/mol. The molecule has 0 spiro atoms. The fourth-order valence-corrected chi connectivity index (χ4v) is 2.20. The van der Waals surface area contributed by atoms with Crippen LogP contribution >= 0.6 is 0 Å². The van der Waals surface area contributed by atoms with Crippen LogP contribution in [-0.4, -0.2) is 18.4 Å². The van der Waals surface area contributed by atoms with Crippen molar-refractivity contribution in [1.29, 1.82) is 0 Å². The van der Waals surface area contributed by atoms with Gasteiger partial charge in [-0.2, -0.15) is 0 Å². The third kappa shape index (κ3) is 4.22. The van der Waals surface area contributed by atoms with Crippen LogP contribution in [0.25, 0.3) is 0 Å². The first-order valence-electron chi connectivity index (χ1n) is 6.68. The van der Waals surface area contributed by atoms with Gasteiger partial charge in [0.15, 0.2) is 0 Å². The Bertz CT molecular complexity index is 356. The lowest BCUT2D eigenvalue weighted by atomic mass is 10.1. The first kappa shape index (κ1) is 12.2. The molecule has 1 aromatic carbocycles. The lowest BCUT2D eigenvalue weighted by Gasteiger charge is -2.19. The molecule has 1 aromatic rings. The number of benzene rings is 1. The van der Waals surface area contributed by atoms with E-state index in [9.17, 15) is 0 Å². The molecule has 1 heterocycles. The molecular formula is C15H22N2. The van der Waals surface area contributed by atoms with E-state index in [2.05, 4.69) is 47.6 Å². The summed E-state index contributed by atoms with van der Waals surface area (Å²) in [7, 11) is 0. The Morgan fingerprint density at radius 2 is 2.06 bits per heavy atom. The SMILES string of the molecule is CC(CCc1ccccc1)NC1=NCCCC1. The van der Waals surface area contributed by atoms with Gasteiger partial charge < -0.3 is 5.32 Å². The lowest BCUT2D eigenvalue weighted by Crippen LogP contribution is -2.34. The number of aryl methyl sites for hydroxylation is 1. The van der Waals surface area contributed by atoms with Crippen molar-refractivity contribution in [3.8, 4) is 0 Å². The lowest BCUT2D eigenvalue weighted by molar-refractivity contribution is 0.586. The Morgan fingerprint density at radius 3 is 2.76 bits per heavy atom. The highest BCUT2D eigenvalue weighted by Gasteiger charge is 2.08. The highest BCUT2D eigenvalue weighted by Crippen LogP contribution is 2.08. The van der Waals surface area contributed by atoms with Gasteiger partial charge >= 0.3 is 0 Å². The zero-order valence-corrected chi connectivity index (χ0v) is 10.7. The van der Waals surface area contributed by atoms with Crippen molar-refractivity contribution in [1.82, 2.24) is 5.32 Å². The van der Waals surface area contributed by atoms with Gasteiger partial charge in [0.1, 0.15) is 0 Å². The number of hydrogen-bond acceptors (Lipinski definition) is 2. The third-order valence-corrected chi connectivity index (χ3v) is 3.25. The fraction of sp³-hybridized carbons (Fsp3) is 0.533. The summed E-state index contributed by atoms with van der Waals surface area (Å²) in [5.41, 5.74) is 1.42. The van der Waals surface area contributed by atoms with E-state index in [4.69, 9.17) is 0 Å². The molecule has 0 radical (unpaired) electrons. The van der Waals surface area contributed by atoms with Crippen LogP contribution in [0.3, 0.4) is 0 Å². The van der Waals surface area contributed by atoms with Crippen LogP contribution in [0.1, 0.15) is 38.2 Å². The second-order valence-corrected chi connectivity index (χ2v) is 4.86. The minimum atomic E-state index is 0.520. The number of rotatable bonds is 4. The number of aliphatic imine (C=N–C) groups is 1. The number of hydrogen-bond donors (Lipinski definition) is 1. The summed E-state index contributed by atoms with van der Waals surface area (Å²) in [6.07, 6.45) is 5.99. The largest absolute Gasteiger partial charge is 0.371 e. The summed E-state index contributed by atoms with van der Waals surface area (Å²) in [4.78, 5) is 4.53. The van der Waals surface area contributed by atoms with Crippen LogP contribution in [0.5, 0.6) is 0 Å². The van der Waals surface area contributed by atoms with E-state index in [1.165, 1.54) is 30.7 Å². The zero-order chi connectivity index (χ0) is 11.9. The molecule has 2 nitrogen and oxygen atoms in total. The van der Waals surface area contributed by atoms with Gasteiger partial charge in [-0.05, 0) is 38.2 Å². The van der Waals surface area contributed by atoms with Gasteiger partial charge in [0.05, 0.1) is 5.84 Å². The Balaban J connectivity index is 1.74. The summed E-state index contributed by atoms with van der Waals surface area (Å²) >= 11 is 0. The maximum atomic E-state index is 4.53. The normalized spacial score (nSPS) is 17.4. The molecule has 0 aromatic heterocycles. The average Bonchev–Trinajstić information content (AvgIpc) is 2.39. The molecule has 17 heavy (non-hydrogen) atoms. The Hall–Kier alpha value is -1.31. The molecule has 1 N–H and O–H groups in total. The van der Waals surface area contributed by atoms with Crippen LogP contribution in [0.4, 0.5) is 0 Å². The molecule has 2 rings (SSSR count). The van der Waals surface area contributed by atoms with E-state index in [-0.39, 0.29) is 0 Å². The van der Waals surface area contributed by atoms with Crippen molar-refractivity contribution >= 4 is 5.84 Å². The Morgan fingerprint density at radius 1 is 1.24 bits per heavy atom. The van der Waals surface area contributed by atoms with Crippen LogP contribution in [-0.2, 0) is 6.42 Å². The predicted octanol–water partition coefficient (Wildman–Crippen LogP) is 3.18. The Kier molecular flexibility index (Phi) is 4.60. The summed E-state index contributed by atoms with van der Waals surface area (Å²) < 4.78 is 0. The van der Waals surface area contributed by atoms with Gasteiger partial charge in [-0.1, -0.05) is 30.3 Å². The van der Waals surface area contributed by atoms with Crippen LogP contribution < -0.4 is 5.32 Å². The van der Waals surface area contributed by atoms with Crippen molar-refractivity contribution < 1.29 is 0 Å². The molecule has 0 saturated carbocycles. The van der Waals surface area contributed by atoms with E-state index < -0.39 is 0 Å². The number of nitrogens with one attached hydrogen (secondary N) is 1. The molecule has 0 saturated heterocycles. The summed E-state index contributed by atoms with van der Waals surface area (Å²) in [6, 6.07) is 11.2. The molecule has 2 heteroatoms. The summed E-state index contributed by atoms with van der Waals surface area (Å²) in [6.45, 7) is 3.26. The van der Waals surface area contributed by atoms with Gasteiger partial charge in [-0.3, -0.25) is 4.99 Å². The molecule has 0 bridgehead atoms. The van der Waals surface area contributed by atoms with Crippen molar-refractivity contribution in [2.24, 2.45) is 4.99 Å². The smallest absolute Gasteiger partial charge is 0.0965 e. The molecule has 0 aliphatic carbocycles. The van der Waals surface area contributed by atoms with Gasteiger partial charge in [0.25, 0.3) is 0 Å². The fourth-order valence-electron chi connectivity index (χ4n) is 2.20. The molecule has 1 aliphatic heterocycles. The van der Waals surface area contributed by atoms with Crippen LogP contribution in [0, 0.1) is 0 Å². The van der Waals surface area contributed by atoms with Crippen LogP contribution in [0.15, 0.2) is 35.3 Å². The predicted molar refractivity (Wildman–Crippen MR) is 73.5 cm³/mol. The topological polar surface area (TPSA) is 24.4 Å². The molecule has 0 fully saturated rings. The first-order chi connectivity index (χ1) is 8.34. The molecular weight excluding hydrogens is 208 g/mol. The maximum absolute atomic E-state index is 4.53. The first-order valence-corrected chi connectivity index (χ1v) is 6.68. The number of amidine groups is 1. The second-order valence-electron chi connectivity index (χ2n) is 4.86. The summed E-state index contributed by atoms with van der Waals surface area (Å²) in [5.74, 6) is 1.22. The maximum Gasteiger partial charge on any atom is 0.0965 e. The van der Waals surface area contributed by atoms with Crippen molar-refractivity contribution in [2.75, 3.05) is 6.54 Å². The van der Waals surface area contributed by atoms with E-state index in [0.717, 1.165) is 19.4 Å². The molecule has 1 atom stereocenters. The van der Waals surface area contributed by atoms with Gasteiger partial charge in [0, 0.05) is 19.0 Å². The second kappa shape index (κ2) is 6.43. The van der Waals surface area contributed by atoms with Crippen molar-refractivity contribution in [3.63, 3.8) is 0 Å². The summed E-state index contributed by atoms with van der Waals surface area (Å²) in [5, 5.41) is 3.54. The molecule has 92 valence electrons. The van der Waals surface area contributed by atoms with Crippen LogP contribution in [0.2, 0.25) is 0 Å². The molecule has 1 aliphatic rings. The highest BCUT2D eigenvalue weighted by atomic mass is 15.0. The zero-order valence-electron chi connectivity index (χ0n) is 10.7. The number of nitrogens with zero attached hydrogens (tertiary/aromatic N) is 1. The minimum absolute atomic E-state index is 0.520. The van der Waals surface area contributed by atoms with E-state index >= 15 is 0 Å². The average molecular weight is 230 g/mol. The quantitative estimate of drug-likeness (QED) is 0.844. The minimum Gasteiger partial charge on any atom is -0.371 e. The van der Waals surface area contributed by atoms with Gasteiger partial charge in [-0.15, -0.1) is 0 Å². The van der Waals surface area contributed by atoms with E-state index in [1.54, 1.807) is 0 Å². The van der Waals surface area contributed by atoms with Gasteiger partial charge in [0.2, 0.25) is 0 Å². The van der Waals surface area contributed by atoms with Gasteiger partial charge in [-0.25, -0.2) is 0 Å². The third-order valence-electron chi connectivity index (χ3n) is 3.25. The van der Waals surface area contributed by atoms with Crippen molar-refractivity contribution in [3.05, 3.63) is 35.9 Å². The molecule has 1 unspecified atom stereocenters. The molecule has 0 amide bonds. The Labute approximate surface area is 104 Å². The standard InChI is InChI=1S/C15H22N2/c1-13(17-15-9-5-6-12-16-15)10-11-14-7-3-2-4-8-14/h2-4,7-8,13H,5-6,9-12H2,1H3,(H,16,17). The van der Waals surface area contributed by atoms with E-state index in [1.807, 2.05) is 0 Å².